The number of rotatable bonds is 6. The molecule has 3 atom stereocenters. The van der Waals surface area contributed by atoms with Gasteiger partial charge >= 0.3 is 0 Å². The summed E-state index contributed by atoms with van der Waals surface area (Å²) in [6.07, 6.45) is 6.73. The van der Waals surface area contributed by atoms with Gasteiger partial charge in [-0.25, -0.2) is 0 Å². The molecule has 2 aliphatic rings. The monoisotopic (exact) mass is 428 g/mol. The number of nitrogens with one attached hydrogen (secondary N) is 3. The second-order valence-corrected chi connectivity index (χ2v) is 8.92. The zero-order chi connectivity index (χ0) is 21.9. The first kappa shape index (κ1) is 20.6. The molecular formula is C26H28N4O2. The van der Waals surface area contributed by atoms with E-state index in [1.54, 1.807) is 6.20 Å². The smallest absolute Gasteiger partial charge is 0.251 e. The first-order valence-electron chi connectivity index (χ1n) is 11.4. The Kier molecular flexibility index (Phi) is 5.86. The fraction of sp³-hybridized carbons (Fsp3) is 0.346. The molecule has 1 aliphatic carbocycles. The van der Waals surface area contributed by atoms with Gasteiger partial charge < -0.3 is 16.0 Å². The highest BCUT2D eigenvalue weighted by Crippen LogP contribution is 2.48. The summed E-state index contributed by atoms with van der Waals surface area (Å²) in [5.74, 6) is 0.716. The molecular weight excluding hydrogens is 400 g/mol. The van der Waals surface area contributed by atoms with Gasteiger partial charge in [0.05, 0.1) is 0 Å². The minimum atomic E-state index is -0.0290. The predicted octanol–water partition coefficient (Wildman–Crippen LogP) is 3.71. The lowest BCUT2D eigenvalue weighted by Crippen LogP contribution is -2.38. The minimum Gasteiger partial charge on any atom is -0.352 e. The number of hydrogen-bond acceptors (Lipinski definition) is 4. The molecule has 6 nitrogen and oxygen atoms in total. The Hall–Kier alpha value is -3.25. The molecule has 5 rings (SSSR count). The van der Waals surface area contributed by atoms with Gasteiger partial charge in [0, 0.05) is 41.5 Å². The van der Waals surface area contributed by atoms with E-state index in [-0.39, 0.29) is 23.7 Å². The van der Waals surface area contributed by atoms with E-state index in [0.29, 0.717) is 18.0 Å². The lowest BCUT2D eigenvalue weighted by molar-refractivity contribution is -0.117. The van der Waals surface area contributed by atoms with E-state index >= 15 is 0 Å². The van der Waals surface area contributed by atoms with Crippen molar-refractivity contribution in [2.75, 3.05) is 25.0 Å². The maximum atomic E-state index is 12.7. The quantitative estimate of drug-likeness (QED) is 0.559. The number of pyridine rings is 1. The molecule has 1 saturated heterocycles. The third kappa shape index (κ3) is 4.65. The summed E-state index contributed by atoms with van der Waals surface area (Å²) in [6.45, 7) is 2.76. The van der Waals surface area contributed by atoms with Crippen molar-refractivity contribution in [2.45, 2.75) is 25.2 Å². The fourth-order valence-electron chi connectivity index (χ4n) is 4.57. The first-order valence-corrected chi connectivity index (χ1v) is 11.4. The summed E-state index contributed by atoms with van der Waals surface area (Å²) in [5.41, 5.74) is 2.59. The molecule has 3 aromatic rings. The summed E-state index contributed by atoms with van der Waals surface area (Å²) in [5, 5.41) is 11.6. The van der Waals surface area contributed by atoms with Gasteiger partial charge in [-0.3, -0.25) is 14.6 Å². The van der Waals surface area contributed by atoms with Gasteiger partial charge in [-0.15, -0.1) is 0 Å². The molecule has 2 aromatic carbocycles. The molecule has 1 aliphatic heterocycles. The molecule has 0 bridgehead atoms. The van der Waals surface area contributed by atoms with Crippen molar-refractivity contribution < 1.29 is 9.59 Å². The summed E-state index contributed by atoms with van der Waals surface area (Å²) in [6, 6.07) is 15.5. The topological polar surface area (TPSA) is 83.1 Å². The average Bonchev–Trinajstić information content (AvgIpc) is 3.64. The van der Waals surface area contributed by atoms with E-state index in [1.807, 2.05) is 54.7 Å². The average molecular weight is 429 g/mol. The third-order valence-electron chi connectivity index (χ3n) is 6.59. The molecule has 2 heterocycles. The molecule has 0 unspecified atom stereocenters. The van der Waals surface area contributed by atoms with E-state index in [0.717, 1.165) is 48.0 Å². The molecule has 3 N–H and O–H groups in total. The lowest BCUT2D eigenvalue weighted by Gasteiger charge is -2.22. The molecule has 6 heteroatoms. The standard InChI is InChI=1S/C26H28N4O2/c31-25(29-15-17-2-1-10-27-14-17)19-5-3-18(4-6-19)23-13-24(23)26(32)30-22-8-7-21-16-28-11-9-20(21)12-22/h3-9,11-12,16-17,23-24,27H,1-2,10,13-15H2,(H,29,31)(H,30,32)/t17-,23-,24+/m0/s1. The summed E-state index contributed by atoms with van der Waals surface area (Å²) in [4.78, 5) is 29.3. The number of amides is 2. The Morgan fingerprint density at radius 3 is 2.75 bits per heavy atom. The maximum absolute atomic E-state index is 12.7. The van der Waals surface area contributed by atoms with Crippen LogP contribution in [0, 0.1) is 11.8 Å². The van der Waals surface area contributed by atoms with E-state index in [1.165, 1.54) is 6.42 Å². The Balaban J connectivity index is 1.14. The van der Waals surface area contributed by atoms with Crippen LogP contribution in [0.5, 0.6) is 0 Å². The van der Waals surface area contributed by atoms with Crippen LogP contribution >= 0.6 is 0 Å². The molecule has 0 spiro atoms. The SMILES string of the molecule is O=C(NC[C@H]1CCCNC1)c1ccc([C@@H]2C[C@H]2C(=O)Nc2ccc3cnccc3c2)cc1. The van der Waals surface area contributed by atoms with Gasteiger partial charge in [-0.05, 0) is 85.5 Å². The third-order valence-corrected chi connectivity index (χ3v) is 6.59. The Labute approximate surface area is 187 Å². The zero-order valence-electron chi connectivity index (χ0n) is 18.0. The number of piperidine rings is 1. The van der Waals surface area contributed by atoms with Gasteiger partial charge in [0.25, 0.3) is 5.91 Å². The van der Waals surface area contributed by atoms with Crippen LogP contribution < -0.4 is 16.0 Å². The van der Waals surface area contributed by atoms with Crippen molar-refractivity contribution in [3.05, 3.63) is 72.1 Å². The largest absolute Gasteiger partial charge is 0.352 e. The Morgan fingerprint density at radius 2 is 1.94 bits per heavy atom. The van der Waals surface area contributed by atoms with Crippen LogP contribution in [0.1, 0.15) is 41.1 Å². The number of carbonyl (C=O) groups is 2. The highest BCUT2D eigenvalue weighted by molar-refractivity contribution is 5.97. The van der Waals surface area contributed by atoms with Gasteiger partial charge in [-0.2, -0.15) is 0 Å². The van der Waals surface area contributed by atoms with Crippen LogP contribution in [0.2, 0.25) is 0 Å². The maximum Gasteiger partial charge on any atom is 0.251 e. The van der Waals surface area contributed by atoms with Crippen molar-refractivity contribution >= 4 is 28.3 Å². The number of anilines is 1. The van der Waals surface area contributed by atoms with E-state index in [9.17, 15) is 9.59 Å². The minimum absolute atomic E-state index is 0.0263. The molecule has 164 valence electrons. The number of aromatic nitrogens is 1. The van der Waals surface area contributed by atoms with E-state index in [2.05, 4.69) is 20.9 Å². The second kappa shape index (κ2) is 9.09. The van der Waals surface area contributed by atoms with Crippen molar-refractivity contribution in [1.82, 2.24) is 15.6 Å². The Bertz CT molecular complexity index is 1120. The summed E-state index contributed by atoms with van der Waals surface area (Å²) < 4.78 is 0. The number of benzene rings is 2. The van der Waals surface area contributed by atoms with Crippen LogP contribution in [-0.4, -0.2) is 36.4 Å². The highest BCUT2D eigenvalue weighted by atomic mass is 16.2. The van der Waals surface area contributed by atoms with Gasteiger partial charge in [0.1, 0.15) is 0 Å². The number of hydrogen-bond donors (Lipinski definition) is 3. The van der Waals surface area contributed by atoms with E-state index < -0.39 is 0 Å². The van der Waals surface area contributed by atoms with Crippen LogP contribution in [0.15, 0.2) is 60.9 Å². The van der Waals surface area contributed by atoms with Crippen LogP contribution in [0.25, 0.3) is 10.8 Å². The molecule has 2 fully saturated rings. The number of nitrogens with zero attached hydrogens (tertiary/aromatic N) is 1. The first-order chi connectivity index (χ1) is 15.7. The lowest BCUT2D eigenvalue weighted by atomic mass is 9.99. The molecule has 2 amide bonds. The van der Waals surface area contributed by atoms with Crippen LogP contribution in [-0.2, 0) is 4.79 Å². The van der Waals surface area contributed by atoms with Crippen molar-refractivity contribution in [2.24, 2.45) is 11.8 Å². The highest BCUT2D eigenvalue weighted by Gasteiger charge is 2.43. The van der Waals surface area contributed by atoms with Crippen LogP contribution in [0.3, 0.4) is 0 Å². The van der Waals surface area contributed by atoms with E-state index in [4.69, 9.17) is 0 Å². The van der Waals surface area contributed by atoms with Crippen molar-refractivity contribution in [3.63, 3.8) is 0 Å². The molecule has 1 saturated carbocycles. The van der Waals surface area contributed by atoms with Gasteiger partial charge in [-0.1, -0.05) is 18.2 Å². The predicted molar refractivity (Wildman–Crippen MR) is 126 cm³/mol. The summed E-state index contributed by atoms with van der Waals surface area (Å²) >= 11 is 0. The second-order valence-electron chi connectivity index (χ2n) is 8.92. The van der Waals surface area contributed by atoms with Crippen molar-refractivity contribution in [3.8, 4) is 0 Å². The fourth-order valence-corrected chi connectivity index (χ4v) is 4.57. The molecule has 1 aromatic heterocycles. The van der Waals surface area contributed by atoms with Gasteiger partial charge in [0.2, 0.25) is 5.91 Å². The zero-order valence-corrected chi connectivity index (χ0v) is 18.0. The number of fused-ring (bicyclic) bond motifs is 1. The normalized spacial score (nSPS) is 22.3. The molecule has 0 radical (unpaired) electrons. The number of carbonyl (C=O) groups excluding carboxylic acids is 2. The Morgan fingerprint density at radius 1 is 1.06 bits per heavy atom. The molecule has 32 heavy (non-hydrogen) atoms. The van der Waals surface area contributed by atoms with Crippen molar-refractivity contribution in [1.29, 1.82) is 0 Å². The van der Waals surface area contributed by atoms with Gasteiger partial charge in [0.15, 0.2) is 0 Å². The summed E-state index contributed by atoms with van der Waals surface area (Å²) in [7, 11) is 0. The van der Waals surface area contributed by atoms with Crippen LogP contribution in [0.4, 0.5) is 5.69 Å².